The van der Waals surface area contributed by atoms with Gasteiger partial charge < -0.3 is 15.2 Å². The van der Waals surface area contributed by atoms with Gasteiger partial charge in [-0.1, -0.05) is 32.0 Å². The molecule has 0 aliphatic heterocycles. The zero-order valence-electron chi connectivity index (χ0n) is 11.6. The van der Waals surface area contributed by atoms with Crippen LogP contribution in [0.5, 0.6) is 5.75 Å². The van der Waals surface area contributed by atoms with Gasteiger partial charge in [0.1, 0.15) is 12.4 Å². The van der Waals surface area contributed by atoms with Crippen molar-refractivity contribution >= 4 is 0 Å². The van der Waals surface area contributed by atoms with E-state index in [9.17, 15) is 13.2 Å². The number of aliphatic hydroxyl groups excluding tert-OH is 1. The summed E-state index contributed by atoms with van der Waals surface area (Å²) in [7, 11) is 0. The summed E-state index contributed by atoms with van der Waals surface area (Å²) in [6.45, 7) is 3.88. The highest BCUT2D eigenvalue weighted by Crippen LogP contribution is 2.28. The molecule has 1 aromatic carbocycles. The molecule has 1 rings (SSSR count). The maximum Gasteiger partial charge on any atom is 0.417 e. The van der Waals surface area contributed by atoms with E-state index < -0.39 is 18.9 Å². The van der Waals surface area contributed by atoms with Crippen molar-refractivity contribution in [2.75, 3.05) is 13.2 Å². The standard InChI is InChI=1S/C14H20F3NO2/c1-3-11(18-4-2)10-7-5-6-8-12(10)20-9-13(19)14(15,16)17/h5-8,11,13,18-19H,3-4,9H2,1-2H3. The molecule has 114 valence electrons. The molecule has 6 heteroatoms. The van der Waals surface area contributed by atoms with E-state index in [1.807, 2.05) is 26.0 Å². The smallest absolute Gasteiger partial charge is 0.417 e. The number of para-hydroxylation sites is 1. The van der Waals surface area contributed by atoms with Crippen LogP contribution in [0.4, 0.5) is 13.2 Å². The van der Waals surface area contributed by atoms with Crippen molar-refractivity contribution in [3.8, 4) is 5.75 Å². The first-order valence-corrected chi connectivity index (χ1v) is 6.60. The highest BCUT2D eigenvalue weighted by molar-refractivity contribution is 5.36. The molecule has 2 unspecified atom stereocenters. The van der Waals surface area contributed by atoms with Crippen molar-refractivity contribution in [3.05, 3.63) is 29.8 Å². The predicted molar refractivity (Wildman–Crippen MR) is 70.7 cm³/mol. The lowest BCUT2D eigenvalue weighted by Crippen LogP contribution is -2.34. The van der Waals surface area contributed by atoms with E-state index in [2.05, 4.69) is 5.32 Å². The van der Waals surface area contributed by atoms with Gasteiger partial charge >= 0.3 is 6.18 Å². The summed E-state index contributed by atoms with van der Waals surface area (Å²) >= 11 is 0. The molecule has 0 aliphatic carbocycles. The Morgan fingerprint density at radius 3 is 2.45 bits per heavy atom. The molecule has 0 radical (unpaired) electrons. The number of halogens is 3. The number of ether oxygens (including phenoxy) is 1. The Morgan fingerprint density at radius 2 is 1.90 bits per heavy atom. The largest absolute Gasteiger partial charge is 0.490 e. The minimum Gasteiger partial charge on any atom is -0.490 e. The van der Waals surface area contributed by atoms with Crippen LogP contribution in [-0.4, -0.2) is 30.5 Å². The summed E-state index contributed by atoms with van der Waals surface area (Å²) in [5.41, 5.74) is 0.797. The topological polar surface area (TPSA) is 41.5 Å². The van der Waals surface area contributed by atoms with Crippen LogP contribution in [0.15, 0.2) is 24.3 Å². The normalized spacial score (nSPS) is 14.9. The molecule has 2 N–H and O–H groups in total. The van der Waals surface area contributed by atoms with Crippen LogP contribution in [0.3, 0.4) is 0 Å². The third kappa shape index (κ3) is 4.68. The van der Waals surface area contributed by atoms with Crippen molar-refractivity contribution < 1.29 is 23.0 Å². The molecule has 0 saturated heterocycles. The summed E-state index contributed by atoms with van der Waals surface area (Å²) in [5.74, 6) is 0.364. The lowest BCUT2D eigenvalue weighted by Gasteiger charge is -2.21. The molecular formula is C14H20F3NO2. The lowest BCUT2D eigenvalue weighted by molar-refractivity contribution is -0.210. The van der Waals surface area contributed by atoms with Crippen molar-refractivity contribution in [1.29, 1.82) is 0 Å². The second-order valence-corrected chi connectivity index (χ2v) is 4.42. The Kier molecular flexibility index (Phi) is 6.29. The predicted octanol–water partition coefficient (Wildman–Crippen LogP) is 3.05. The first-order chi connectivity index (χ1) is 9.40. The molecule has 0 saturated carbocycles. The molecule has 0 amide bonds. The summed E-state index contributed by atoms with van der Waals surface area (Å²) < 4.78 is 41.9. The summed E-state index contributed by atoms with van der Waals surface area (Å²) in [5, 5.41) is 12.2. The Labute approximate surface area is 116 Å². The van der Waals surface area contributed by atoms with Gasteiger partial charge in [-0.15, -0.1) is 0 Å². The molecule has 20 heavy (non-hydrogen) atoms. The summed E-state index contributed by atoms with van der Waals surface area (Å²) in [4.78, 5) is 0. The average molecular weight is 291 g/mol. The molecule has 0 heterocycles. The third-order valence-corrected chi connectivity index (χ3v) is 2.93. The van der Waals surface area contributed by atoms with Crippen LogP contribution < -0.4 is 10.1 Å². The minimum atomic E-state index is -4.67. The van der Waals surface area contributed by atoms with Crippen molar-refractivity contribution in [2.24, 2.45) is 0 Å². The quantitative estimate of drug-likeness (QED) is 0.811. The molecule has 0 aliphatic rings. The number of alkyl halides is 3. The molecule has 2 atom stereocenters. The summed E-state index contributed by atoms with van der Waals surface area (Å²) in [6, 6.07) is 6.93. The maximum atomic E-state index is 12.3. The van der Waals surface area contributed by atoms with E-state index in [-0.39, 0.29) is 6.04 Å². The van der Waals surface area contributed by atoms with Gasteiger partial charge in [0.05, 0.1) is 0 Å². The van der Waals surface area contributed by atoms with Gasteiger partial charge in [-0.3, -0.25) is 0 Å². The van der Waals surface area contributed by atoms with Crippen LogP contribution in [0, 0.1) is 0 Å². The second-order valence-electron chi connectivity index (χ2n) is 4.42. The molecule has 0 aromatic heterocycles. The number of nitrogens with one attached hydrogen (secondary N) is 1. The van der Waals surface area contributed by atoms with E-state index in [1.165, 1.54) is 0 Å². The van der Waals surface area contributed by atoms with E-state index >= 15 is 0 Å². The van der Waals surface area contributed by atoms with Crippen molar-refractivity contribution in [3.63, 3.8) is 0 Å². The average Bonchev–Trinajstić information content (AvgIpc) is 2.41. The number of hydrogen-bond donors (Lipinski definition) is 2. The number of rotatable bonds is 7. The van der Waals surface area contributed by atoms with Crippen LogP contribution >= 0.6 is 0 Å². The first-order valence-electron chi connectivity index (χ1n) is 6.60. The monoisotopic (exact) mass is 291 g/mol. The Balaban J connectivity index is 2.80. The highest BCUT2D eigenvalue weighted by atomic mass is 19.4. The second kappa shape index (κ2) is 7.50. The SMILES string of the molecule is CCNC(CC)c1ccccc1OCC(O)C(F)(F)F. The fraction of sp³-hybridized carbons (Fsp3) is 0.571. The van der Waals surface area contributed by atoms with E-state index in [0.29, 0.717) is 5.75 Å². The Bertz CT molecular complexity index is 410. The van der Waals surface area contributed by atoms with Crippen molar-refractivity contribution in [1.82, 2.24) is 5.32 Å². The van der Waals surface area contributed by atoms with Crippen molar-refractivity contribution in [2.45, 2.75) is 38.6 Å². The van der Waals surface area contributed by atoms with Crippen LogP contribution in [0.1, 0.15) is 31.9 Å². The number of hydrogen-bond acceptors (Lipinski definition) is 3. The fourth-order valence-electron chi connectivity index (χ4n) is 1.88. The molecule has 1 aromatic rings. The van der Waals surface area contributed by atoms with Gasteiger partial charge in [-0.25, -0.2) is 0 Å². The molecule has 0 bridgehead atoms. The van der Waals surface area contributed by atoms with E-state index in [1.54, 1.807) is 12.1 Å². The third-order valence-electron chi connectivity index (χ3n) is 2.93. The van der Waals surface area contributed by atoms with Crippen LogP contribution in [0.25, 0.3) is 0 Å². The summed E-state index contributed by atoms with van der Waals surface area (Å²) in [6.07, 6.45) is -6.36. The Morgan fingerprint density at radius 1 is 1.25 bits per heavy atom. The maximum absolute atomic E-state index is 12.3. The van der Waals surface area contributed by atoms with E-state index in [0.717, 1.165) is 18.5 Å². The van der Waals surface area contributed by atoms with Gasteiger partial charge in [0, 0.05) is 11.6 Å². The molecule has 3 nitrogen and oxygen atoms in total. The van der Waals surface area contributed by atoms with Gasteiger partial charge in [0.15, 0.2) is 6.10 Å². The lowest BCUT2D eigenvalue weighted by atomic mass is 10.0. The zero-order chi connectivity index (χ0) is 15.2. The van der Waals surface area contributed by atoms with Gasteiger partial charge in [-0.05, 0) is 19.0 Å². The van der Waals surface area contributed by atoms with Crippen LogP contribution in [0.2, 0.25) is 0 Å². The fourth-order valence-corrected chi connectivity index (χ4v) is 1.88. The minimum absolute atomic E-state index is 0.0132. The zero-order valence-corrected chi connectivity index (χ0v) is 11.6. The molecule has 0 spiro atoms. The van der Waals surface area contributed by atoms with Gasteiger partial charge in [0.25, 0.3) is 0 Å². The Hall–Kier alpha value is -1.27. The van der Waals surface area contributed by atoms with Crippen LogP contribution in [-0.2, 0) is 0 Å². The van der Waals surface area contributed by atoms with Gasteiger partial charge in [0.2, 0.25) is 0 Å². The highest BCUT2D eigenvalue weighted by Gasteiger charge is 2.38. The number of aliphatic hydroxyl groups is 1. The first kappa shape index (κ1) is 16.8. The molecular weight excluding hydrogens is 271 g/mol. The number of benzene rings is 1. The van der Waals surface area contributed by atoms with Gasteiger partial charge in [-0.2, -0.15) is 13.2 Å². The molecule has 0 fully saturated rings. The van der Waals surface area contributed by atoms with E-state index in [4.69, 9.17) is 9.84 Å².